The molecule has 0 N–H and O–H groups in total. The van der Waals surface area contributed by atoms with Crippen LogP contribution in [0.25, 0.3) is 11.1 Å². The van der Waals surface area contributed by atoms with Crippen LogP contribution in [0, 0.1) is 0 Å². The van der Waals surface area contributed by atoms with E-state index < -0.39 is 0 Å². The molecule has 0 aliphatic rings. The van der Waals surface area contributed by atoms with Crippen molar-refractivity contribution in [3.05, 3.63) is 48.5 Å². The molecular formula is C20H24Br2O2. The number of hydrogen-bond acceptors (Lipinski definition) is 2. The second-order valence-electron chi connectivity index (χ2n) is 5.54. The van der Waals surface area contributed by atoms with Crippen molar-refractivity contribution in [1.82, 2.24) is 0 Å². The normalized spacial score (nSPS) is 10.6. The van der Waals surface area contributed by atoms with Gasteiger partial charge in [-0.25, -0.2) is 0 Å². The maximum absolute atomic E-state index is 5.74. The summed E-state index contributed by atoms with van der Waals surface area (Å²) < 4.78 is 11.5. The second kappa shape index (κ2) is 11.5. The SMILES string of the molecule is BrCCCCOc1ccc(-c2ccc(OCCCCBr)cc2)cc1. The first-order valence-corrected chi connectivity index (χ1v) is 10.7. The van der Waals surface area contributed by atoms with Gasteiger partial charge < -0.3 is 9.47 Å². The zero-order valence-corrected chi connectivity index (χ0v) is 17.0. The van der Waals surface area contributed by atoms with E-state index in [1.54, 1.807) is 0 Å². The van der Waals surface area contributed by atoms with E-state index in [9.17, 15) is 0 Å². The van der Waals surface area contributed by atoms with E-state index >= 15 is 0 Å². The van der Waals surface area contributed by atoms with Crippen LogP contribution in [-0.4, -0.2) is 23.9 Å². The van der Waals surface area contributed by atoms with Crippen molar-refractivity contribution in [3.63, 3.8) is 0 Å². The fraction of sp³-hybridized carbons (Fsp3) is 0.400. The van der Waals surface area contributed by atoms with Crippen LogP contribution in [0.5, 0.6) is 11.5 Å². The number of rotatable bonds is 11. The summed E-state index contributed by atoms with van der Waals surface area (Å²) in [4.78, 5) is 0. The highest BCUT2D eigenvalue weighted by Gasteiger charge is 2.00. The van der Waals surface area contributed by atoms with E-state index in [2.05, 4.69) is 56.1 Å². The molecule has 0 aromatic heterocycles. The van der Waals surface area contributed by atoms with Crippen LogP contribution in [0.15, 0.2) is 48.5 Å². The molecule has 0 radical (unpaired) electrons. The van der Waals surface area contributed by atoms with E-state index in [1.807, 2.05) is 24.3 Å². The highest BCUT2D eigenvalue weighted by atomic mass is 79.9. The van der Waals surface area contributed by atoms with Gasteiger partial charge in [0.05, 0.1) is 13.2 Å². The van der Waals surface area contributed by atoms with Gasteiger partial charge in [-0.1, -0.05) is 56.1 Å². The number of benzene rings is 2. The molecular weight excluding hydrogens is 432 g/mol. The molecule has 0 bridgehead atoms. The molecule has 0 unspecified atom stereocenters. The summed E-state index contributed by atoms with van der Waals surface area (Å²) >= 11 is 6.86. The second-order valence-corrected chi connectivity index (χ2v) is 7.12. The van der Waals surface area contributed by atoms with Crippen molar-refractivity contribution >= 4 is 31.9 Å². The van der Waals surface area contributed by atoms with Gasteiger partial charge in [-0.3, -0.25) is 0 Å². The predicted molar refractivity (Wildman–Crippen MR) is 109 cm³/mol. The minimum Gasteiger partial charge on any atom is -0.494 e. The van der Waals surface area contributed by atoms with E-state index in [-0.39, 0.29) is 0 Å². The number of alkyl halides is 2. The van der Waals surface area contributed by atoms with Gasteiger partial charge in [-0.05, 0) is 61.1 Å². The van der Waals surface area contributed by atoms with Crippen molar-refractivity contribution in [3.8, 4) is 22.6 Å². The number of ether oxygens (including phenoxy) is 2. The molecule has 0 spiro atoms. The lowest BCUT2D eigenvalue weighted by atomic mass is 10.1. The molecule has 2 rings (SSSR count). The zero-order chi connectivity index (χ0) is 17.0. The predicted octanol–water partition coefficient (Wildman–Crippen LogP) is 6.46. The van der Waals surface area contributed by atoms with Gasteiger partial charge in [0.15, 0.2) is 0 Å². The Morgan fingerprint density at radius 2 is 0.917 bits per heavy atom. The van der Waals surface area contributed by atoms with Gasteiger partial charge in [0.2, 0.25) is 0 Å². The maximum atomic E-state index is 5.74. The molecule has 0 amide bonds. The Labute approximate surface area is 161 Å². The fourth-order valence-electron chi connectivity index (χ4n) is 2.26. The summed E-state index contributed by atoms with van der Waals surface area (Å²) in [6, 6.07) is 16.6. The molecule has 0 aliphatic carbocycles. The van der Waals surface area contributed by atoms with Crippen molar-refractivity contribution in [2.24, 2.45) is 0 Å². The lowest BCUT2D eigenvalue weighted by Gasteiger charge is -2.09. The van der Waals surface area contributed by atoms with Crippen molar-refractivity contribution in [1.29, 1.82) is 0 Å². The van der Waals surface area contributed by atoms with E-state index in [0.29, 0.717) is 0 Å². The van der Waals surface area contributed by atoms with Crippen LogP contribution < -0.4 is 9.47 Å². The largest absolute Gasteiger partial charge is 0.494 e. The Morgan fingerprint density at radius 1 is 0.542 bits per heavy atom. The fourth-order valence-corrected chi connectivity index (χ4v) is 3.05. The lowest BCUT2D eigenvalue weighted by molar-refractivity contribution is 0.310. The van der Waals surface area contributed by atoms with Gasteiger partial charge in [-0.15, -0.1) is 0 Å². The average Bonchev–Trinajstić information content (AvgIpc) is 2.64. The Kier molecular flexibility index (Phi) is 9.29. The quantitative estimate of drug-likeness (QED) is 0.286. The first-order chi connectivity index (χ1) is 11.8. The van der Waals surface area contributed by atoms with E-state index in [4.69, 9.17) is 9.47 Å². The van der Waals surface area contributed by atoms with Gasteiger partial charge in [0.25, 0.3) is 0 Å². The molecule has 0 fully saturated rings. The van der Waals surface area contributed by atoms with Crippen LogP contribution in [0.2, 0.25) is 0 Å². The van der Waals surface area contributed by atoms with Crippen LogP contribution in [0.4, 0.5) is 0 Å². The first-order valence-electron chi connectivity index (χ1n) is 8.41. The van der Waals surface area contributed by atoms with Crippen LogP contribution in [0.3, 0.4) is 0 Å². The van der Waals surface area contributed by atoms with Crippen molar-refractivity contribution < 1.29 is 9.47 Å². The third kappa shape index (κ3) is 6.86. The molecule has 2 nitrogen and oxygen atoms in total. The average molecular weight is 456 g/mol. The van der Waals surface area contributed by atoms with Gasteiger partial charge in [0.1, 0.15) is 11.5 Å². The molecule has 2 aromatic carbocycles. The third-order valence-electron chi connectivity index (χ3n) is 3.64. The number of hydrogen-bond donors (Lipinski definition) is 0. The third-order valence-corrected chi connectivity index (χ3v) is 4.76. The van der Waals surface area contributed by atoms with Crippen molar-refractivity contribution in [2.75, 3.05) is 23.9 Å². The molecule has 4 heteroatoms. The summed E-state index contributed by atoms with van der Waals surface area (Å²) in [6.07, 6.45) is 4.43. The standard InChI is InChI=1S/C20H24Br2O2/c21-13-1-3-15-23-19-9-5-17(6-10-19)18-7-11-20(12-8-18)24-16-4-2-14-22/h5-12H,1-4,13-16H2. The van der Waals surface area contributed by atoms with Gasteiger partial charge >= 0.3 is 0 Å². The Morgan fingerprint density at radius 3 is 1.25 bits per heavy atom. The summed E-state index contributed by atoms with van der Waals surface area (Å²) in [7, 11) is 0. The monoisotopic (exact) mass is 454 g/mol. The molecule has 0 saturated carbocycles. The molecule has 24 heavy (non-hydrogen) atoms. The summed E-state index contributed by atoms with van der Waals surface area (Å²) in [5.74, 6) is 1.86. The molecule has 0 aliphatic heterocycles. The van der Waals surface area contributed by atoms with Crippen LogP contribution in [-0.2, 0) is 0 Å². The summed E-state index contributed by atoms with van der Waals surface area (Å²) in [6.45, 7) is 1.54. The zero-order valence-electron chi connectivity index (χ0n) is 13.8. The Hall–Kier alpha value is -1.00. The highest BCUT2D eigenvalue weighted by molar-refractivity contribution is 9.09. The Balaban J connectivity index is 1.84. The topological polar surface area (TPSA) is 18.5 Å². The van der Waals surface area contributed by atoms with Gasteiger partial charge in [-0.2, -0.15) is 0 Å². The van der Waals surface area contributed by atoms with E-state index in [1.165, 1.54) is 11.1 Å². The number of halogens is 2. The van der Waals surface area contributed by atoms with Crippen LogP contribution >= 0.6 is 31.9 Å². The highest BCUT2D eigenvalue weighted by Crippen LogP contribution is 2.25. The smallest absolute Gasteiger partial charge is 0.119 e. The maximum Gasteiger partial charge on any atom is 0.119 e. The van der Waals surface area contributed by atoms with Crippen LogP contribution in [0.1, 0.15) is 25.7 Å². The molecule has 130 valence electrons. The minimum absolute atomic E-state index is 0.770. The van der Waals surface area contributed by atoms with E-state index in [0.717, 1.165) is 61.1 Å². The minimum atomic E-state index is 0.770. The molecule has 0 heterocycles. The summed E-state index contributed by atoms with van der Waals surface area (Å²) in [5, 5.41) is 2.07. The Bertz CT molecular complexity index is 514. The summed E-state index contributed by atoms with van der Waals surface area (Å²) in [5.41, 5.74) is 2.38. The number of unbranched alkanes of at least 4 members (excludes halogenated alkanes) is 2. The lowest BCUT2D eigenvalue weighted by Crippen LogP contribution is -1.97. The molecule has 0 atom stereocenters. The molecule has 2 aromatic rings. The first kappa shape index (κ1) is 19.3. The molecule has 0 saturated heterocycles. The van der Waals surface area contributed by atoms with Crippen molar-refractivity contribution in [2.45, 2.75) is 25.7 Å². The van der Waals surface area contributed by atoms with Gasteiger partial charge in [0, 0.05) is 10.7 Å².